The van der Waals surface area contributed by atoms with Gasteiger partial charge < -0.3 is 64.1 Å². The van der Waals surface area contributed by atoms with E-state index in [1.807, 2.05) is 135 Å². The molecule has 0 radical (unpaired) electrons. The van der Waals surface area contributed by atoms with Crippen LogP contribution in [0.15, 0.2) is 180 Å². The van der Waals surface area contributed by atoms with E-state index in [0.717, 1.165) is 35.1 Å². The molecule has 0 saturated carbocycles. The maximum atomic E-state index is 14.2. The SMILES string of the molecule is CC(C)(CCC#N)CN(C[C@@H](O)[C@H](Cc1ccccc1)NC(=O)O[C@H]1CO[C@H]2OCC[C@H]21)S(=O)(=O)c1ccc(OCc2ccccc2)cc1.CC(C)(CCC#N)CNC[C@@H](O)[C@H](Cc1ccccc1)NC(=O)O[C@H]1CO[C@H]2OCC[C@H]21.O=S(=O)(Cl)c1ccc(OCc2ccccc2)cc1. The van der Waals surface area contributed by atoms with E-state index in [9.17, 15) is 41.9 Å². The average Bonchev–Trinajstić information content (AvgIpc) is 1.35. The molecule has 4 aliphatic heterocycles. The van der Waals surface area contributed by atoms with Crippen molar-refractivity contribution in [2.75, 3.05) is 52.6 Å². The van der Waals surface area contributed by atoms with Crippen molar-refractivity contribution in [1.29, 1.82) is 10.5 Å². The van der Waals surface area contributed by atoms with Crippen molar-refractivity contribution in [3.63, 3.8) is 0 Å². The molecule has 25 heteroatoms. The van der Waals surface area contributed by atoms with Crippen LogP contribution in [-0.4, -0.2) is 145 Å². The Labute approximate surface area is 586 Å². The summed E-state index contributed by atoms with van der Waals surface area (Å²) in [6.45, 7) is 11.1. The molecule has 4 fully saturated rings. The number of amides is 2. The molecule has 4 heterocycles. The predicted molar refractivity (Wildman–Crippen MR) is 371 cm³/mol. The molecule has 6 aromatic carbocycles. The number of nitrogens with one attached hydrogen (secondary N) is 3. The van der Waals surface area contributed by atoms with Gasteiger partial charge >= 0.3 is 12.2 Å². The number of nitriles is 2. The first-order chi connectivity index (χ1) is 47.5. The van der Waals surface area contributed by atoms with Gasteiger partial charge in [0.05, 0.1) is 84.5 Å². The van der Waals surface area contributed by atoms with E-state index in [-0.39, 0.29) is 72.0 Å². The van der Waals surface area contributed by atoms with E-state index in [2.05, 4.69) is 41.9 Å². The summed E-state index contributed by atoms with van der Waals surface area (Å²) in [7, 11) is -2.60. The van der Waals surface area contributed by atoms with Gasteiger partial charge in [-0.05, 0) is 120 Å². The number of aliphatic hydroxyl groups is 2. The predicted octanol–water partition coefficient (Wildman–Crippen LogP) is 10.6. The Kier molecular flexibility index (Phi) is 29.3. The number of hydrogen-bond donors (Lipinski definition) is 5. The van der Waals surface area contributed by atoms with Crippen LogP contribution in [0, 0.1) is 45.3 Å². The highest BCUT2D eigenvalue weighted by Gasteiger charge is 2.46. The fourth-order valence-electron chi connectivity index (χ4n) is 11.8. The molecule has 6 aromatic rings. The van der Waals surface area contributed by atoms with Gasteiger partial charge in [-0.1, -0.05) is 149 Å². The highest BCUT2D eigenvalue weighted by Crippen LogP contribution is 2.35. The Morgan fingerprint density at radius 2 is 0.980 bits per heavy atom. The largest absolute Gasteiger partial charge is 0.489 e. The fraction of sp³-hybridized carbons (Fsp3) is 0.459. The molecule has 5 N–H and O–H groups in total. The molecular weight excluding hydrogens is 1330 g/mol. The first kappa shape index (κ1) is 77.1. The van der Waals surface area contributed by atoms with Crippen molar-refractivity contribution < 1.29 is 74.5 Å². The lowest BCUT2D eigenvalue weighted by molar-refractivity contribution is -0.0909. The molecule has 4 saturated heterocycles. The van der Waals surface area contributed by atoms with Crippen LogP contribution in [0.2, 0.25) is 0 Å². The van der Waals surface area contributed by atoms with Gasteiger partial charge in [0.25, 0.3) is 9.05 Å². The molecule has 0 aromatic heterocycles. The van der Waals surface area contributed by atoms with Crippen molar-refractivity contribution in [3.8, 4) is 23.6 Å². The molecule has 532 valence electrons. The van der Waals surface area contributed by atoms with Gasteiger partial charge in [0.2, 0.25) is 10.0 Å². The maximum absolute atomic E-state index is 14.2. The Balaban J connectivity index is 0.000000212. The van der Waals surface area contributed by atoms with Crippen LogP contribution in [0.3, 0.4) is 0 Å². The number of fused-ring (bicyclic) bond motifs is 2. The smallest absolute Gasteiger partial charge is 0.407 e. The van der Waals surface area contributed by atoms with Crippen LogP contribution in [0.1, 0.15) is 88.5 Å². The van der Waals surface area contributed by atoms with E-state index in [4.69, 9.17) is 53.8 Å². The molecule has 2 amide bonds. The molecule has 0 spiro atoms. The van der Waals surface area contributed by atoms with Crippen LogP contribution in [-0.2, 0) is 73.6 Å². The Morgan fingerprint density at radius 1 is 0.576 bits per heavy atom. The number of halogens is 1. The number of benzene rings is 6. The van der Waals surface area contributed by atoms with Gasteiger partial charge in [-0.3, -0.25) is 0 Å². The topological polar surface area (TPSA) is 304 Å². The average molecular weight is 1420 g/mol. The Hall–Kier alpha value is -7.69. The molecule has 99 heavy (non-hydrogen) atoms. The molecule has 22 nitrogen and oxygen atoms in total. The summed E-state index contributed by atoms with van der Waals surface area (Å²) in [5, 5.41) is 49.6. The van der Waals surface area contributed by atoms with Crippen molar-refractivity contribution in [2.24, 2.45) is 22.7 Å². The summed E-state index contributed by atoms with van der Waals surface area (Å²) in [6.07, 6.45) is -0.697. The summed E-state index contributed by atoms with van der Waals surface area (Å²) >= 11 is 0. The van der Waals surface area contributed by atoms with E-state index in [1.165, 1.54) is 28.6 Å². The van der Waals surface area contributed by atoms with Crippen LogP contribution in [0.4, 0.5) is 9.59 Å². The third-order valence-corrected chi connectivity index (χ3v) is 20.7. The maximum Gasteiger partial charge on any atom is 0.407 e. The molecule has 0 unspecified atom stereocenters. The normalized spacial score (nSPS) is 19.9. The zero-order valence-electron chi connectivity index (χ0n) is 56.3. The first-order valence-electron chi connectivity index (χ1n) is 33.3. The summed E-state index contributed by atoms with van der Waals surface area (Å²) < 4.78 is 96.7. The van der Waals surface area contributed by atoms with Crippen LogP contribution < -0.4 is 25.4 Å². The summed E-state index contributed by atoms with van der Waals surface area (Å²) in [5.41, 5.74) is 3.24. The van der Waals surface area contributed by atoms with E-state index < -0.39 is 73.4 Å². The molecule has 4 aliphatic rings. The molecule has 0 bridgehead atoms. The molecule has 0 aliphatic carbocycles. The molecular formula is C74H91ClN6O16S2. The Bertz CT molecular complexity index is 3760. The first-order valence-corrected chi connectivity index (χ1v) is 37.0. The quantitative estimate of drug-likeness (QED) is 0.0253. The number of carbonyl (C=O) groups excluding carboxylic acids is 2. The van der Waals surface area contributed by atoms with E-state index in [0.29, 0.717) is 83.3 Å². The Morgan fingerprint density at radius 3 is 1.40 bits per heavy atom. The fourth-order valence-corrected chi connectivity index (χ4v) is 14.2. The van der Waals surface area contributed by atoms with Crippen LogP contribution in [0.25, 0.3) is 0 Å². The zero-order chi connectivity index (χ0) is 70.8. The van der Waals surface area contributed by atoms with Crippen molar-refractivity contribution in [2.45, 2.75) is 151 Å². The summed E-state index contributed by atoms with van der Waals surface area (Å²) in [6, 6.07) is 53.5. The number of carbonyl (C=O) groups is 2. The minimum absolute atomic E-state index is 0.0318. The van der Waals surface area contributed by atoms with E-state index >= 15 is 0 Å². The molecule has 10 rings (SSSR count). The summed E-state index contributed by atoms with van der Waals surface area (Å²) in [5.74, 6) is 1.12. The van der Waals surface area contributed by atoms with Crippen molar-refractivity contribution >= 4 is 41.9 Å². The number of alkyl carbamates (subject to hydrolysis) is 2. The number of ether oxygens (including phenoxy) is 8. The zero-order valence-corrected chi connectivity index (χ0v) is 58.7. The van der Waals surface area contributed by atoms with Crippen molar-refractivity contribution in [1.82, 2.24) is 20.3 Å². The van der Waals surface area contributed by atoms with Gasteiger partial charge in [-0.15, -0.1) is 0 Å². The van der Waals surface area contributed by atoms with E-state index in [1.54, 1.807) is 24.3 Å². The number of sulfonamides is 1. The van der Waals surface area contributed by atoms with Gasteiger partial charge in [0.1, 0.15) is 36.9 Å². The highest BCUT2D eigenvalue weighted by atomic mass is 35.7. The lowest BCUT2D eigenvalue weighted by atomic mass is 9.88. The van der Waals surface area contributed by atoms with Gasteiger partial charge in [0, 0.05) is 49.7 Å². The van der Waals surface area contributed by atoms with Gasteiger partial charge in [0.15, 0.2) is 12.6 Å². The minimum Gasteiger partial charge on any atom is -0.489 e. The lowest BCUT2D eigenvalue weighted by Crippen LogP contribution is -2.52. The monoisotopic (exact) mass is 1420 g/mol. The third-order valence-electron chi connectivity index (χ3n) is 17.5. The minimum atomic E-state index is -4.14. The van der Waals surface area contributed by atoms with Crippen LogP contribution in [0.5, 0.6) is 11.5 Å². The van der Waals surface area contributed by atoms with Crippen LogP contribution >= 0.6 is 10.7 Å². The second-order valence-electron chi connectivity index (χ2n) is 26.5. The number of rotatable bonds is 31. The van der Waals surface area contributed by atoms with Gasteiger partial charge in [-0.25, -0.2) is 26.4 Å². The third kappa shape index (κ3) is 24.9. The second-order valence-corrected chi connectivity index (χ2v) is 31.0. The number of nitrogens with zero attached hydrogens (tertiary/aromatic N) is 3. The molecule has 10 atom stereocenters. The standard InChI is InChI=1S/C37H45N3O8S.C24H35N3O5.C13H11ClO3S/c1-37(2,19-9-20-38)26-40(49(43,44)30-16-14-29(15-17-30)46-24-28-12-7-4-8-13-28)23-33(41)32(22-27-10-5-3-6-11-27)39-36(42)48-34-25-47-35-31(34)18-21-45-35;1-24(2,10-6-11-25)16-26-14-20(28)19(13-17-7-4-3-5-8-17)27-23(29)32-21-15-31-22-18(21)9-12-30-22;14-18(15,16)13-8-6-12(7-9-13)17-10-11-4-2-1-3-5-11/h3-8,10-17,31-35,41H,9,18-19,21-26H2,1-2H3,(H,39,42);3-5,7-8,18-22,26,28H,6,9-10,12-16H2,1-2H3,(H,27,29);1-9H,10H2/t31-,32-,33+,34-,35+;18-,19-,20+,21-,22+;/m00./s1. The highest BCUT2D eigenvalue weighted by molar-refractivity contribution is 8.13. The number of hydrogen-bond acceptors (Lipinski definition) is 19. The summed E-state index contributed by atoms with van der Waals surface area (Å²) in [4.78, 5) is 26.0. The van der Waals surface area contributed by atoms with Gasteiger partial charge in [-0.2, -0.15) is 14.8 Å². The van der Waals surface area contributed by atoms with Crippen molar-refractivity contribution in [3.05, 3.63) is 192 Å². The lowest BCUT2D eigenvalue weighted by Gasteiger charge is -2.35. The number of aliphatic hydroxyl groups excluding tert-OH is 2. The second kappa shape index (κ2) is 37.7.